The van der Waals surface area contributed by atoms with Gasteiger partial charge in [0.1, 0.15) is 6.17 Å². The Labute approximate surface area is 147 Å². The van der Waals surface area contributed by atoms with Crippen molar-refractivity contribution in [3.8, 4) is 11.5 Å². The van der Waals surface area contributed by atoms with Crippen molar-refractivity contribution in [3.63, 3.8) is 0 Å². The van der Waals surface area contributed by atoms with Crippen molar-refractivity contribution < 1.29 is 14.3 Å². The standard InChI is InChI=1S/C16H22N4O3.ClH/c1-9(11-5-17-6-11)16(21)19-15-12(7-18-20-15)10-2-3-13-14(4-10)23-8-22-13;/h2-4,9,11-12,15,17-18,20H,5-8H2,1H3,(H,19,21);1H. The van der Waals surface area contributed by atoms with Gasteiger partial charge < -0.3 is 20.1 Å². The number of hydrazine groups is 1. The van der Waals surface area contributed by atoms with Crippen molar-refractivity contribution in [2.24, 2.45) is 11.8 Å². The zero-order chi connectivity index (χ0) is 15.8. The summed E-state index contributed by atoms with van der Waals surface area (Å²) < 4.78 is 10.8. The second kappa shape index (κ2) is 7.14. The third-order valence-electron chi connectivity index (χ3n) is 5.04. The molecule has 0 bridgehead atoms. The maximum atomic E-state index is 12.4. The molecule has 1 amide bonds. The molecule has 0 saturated carbocycles. The molecule has 3 unspecified atom stereocenters. The molecule has 4 N–H and O–H groups in total. The van der Waals surface area contributed by atoms with Gasteiger partial charge in [0.15, 0.2) is 11.5 Å². The maximum absolute atomic E-state index is 12.4. The average molecular weight is 355 g/mol. The van der Waals surface area contributed by atoms with E-state index in [1.54, 1.807) is 0 Å². The minimum atomic E-state index is -0.127. The Kier molecular flexibility index (Phi) is 5.15. The zero-order valence-corrected chi connectivity index (χ0v) is 14.3. The molecule has 0 aliphatic carbocycles. The number of ether oxygens (including phenoxy) is 2. The highest BCUT2D eigenvalue weighted by atomic mass is 35.5. The van der Waals surface area contributed by atoms with Gasteiger partial charge in [-0.3, -0.25) is 10.2 Å². The molecule has 0 aromatic heterocycles. The number of carbonyl (C=O) groups is 1. The molecule has 2 saturated heterocycles. The minimum absolute atomic E-state index is 0. The van der Waals surface area contributed by atoms with Crippen LogP contribution in [0.3, 0.4) is 0 Å². The van der Waals surface area contributed by atoms with Crippen LogP contribution in [0, 0.1) is 11.8 Å². The molecule has 1 aromatic carbocycles. The van der Waals surface area contributed by atoms with Crippen LogP contribution in [0.5, 0.6) is 11.5 Å². The first-order valence-corrected chi connectivity index (χ1v) is 8.11. The van der Waals surface area contributed by atoms with Gasteiger partial charge in [-0.15, -0.1) is 12.4 Å². The Morgan fingerprint density at radius 3 is 2.79 bits per heavy atom. The van der Waals surface area contributed by atoms with E-state index in [4.69, 9.17) is 9.47 Å². The normalized spacial score (nSPS) is 26.4. The predicted octanol–water partition coefficient (Wildman–Crippen LogP) is 0.326. The van der Waals surface area contributed by atoms with Gasteiger partial charge in [0, 0.05) is 18.4 Å². The largest absolute Gasteiger partial charge is 0.454 e. The maximum Gasteiger partial charge on any atom is 0.231 e. The van der Waals surface area contributed by atoms with Crippen LogP contribution < -0.4 is 31.0 Å². The quantitative estimate of drug-likeness (QED) is 0.623. The van der Waals surface area contributed by atoms with E-state index in [9.17, 15) is 4.79 Å². The number of halogens is 1. The van der Waals surface area contributed by atoms with Crippen molar-refractivity contribution in [2.45, 2.75) is 19.0 Å². The third kappa shape index (κ3) is 3.17. The van der Waals surface area contributed by atoms with E-state index in [-0.39, 0.29) is 43.1 Å². The van der Waals surface area contributed by atoms with E-state index < -0.39 is 0 Å². The van der Waals surface area contributed by atoms with Crippen LogP contribution in [0.2, 0.25) is 0 Å². The monoisotopic (exact) mass is 354 g/mol. The molecule has 3 aliphatic heterocycles. The Morgan fingerprint density at radius 2 is 2.04 bits per heavy atom. The lowest BCUT2D eigenvalue weighted by Gasteiger charge is -2.33. The second-order valence-electron chi connectivity index (χ2n) is 6.44. The molecular weight excluding hydrogens is 332 g/mol. The summed E-state index contributed by atoms with van der Waals surface area (Å²) in [7, 11) is 0. The van der Waals surface area contributed by atoms with Crippen LogP contribution in [-0.4, -0.2) is 38.5 Å². The second-order valence-corrected chi connectivity index (χ2v) is 6.44. The molecule has 24 heavy (non-hydrogen) atoms. The highest BCUT2D eigenvalue weighted by Crippen LogP contribution is 2.35. The van der Waals surface area contributed by atoms with Gasteiger partial charge in [-0.05, 0) is 36.7 Å². The van der Waals surface area contributed by atoms with E-state index in [1.165, 1.54) is 0 Å². The summed E-state index contributed by atoms with van der Waals surface area (Å²) in [6, 6.07) is 5.96. The fourth-order valence-corrected chi connectivity index (χ4v) is 3.25. The summed E-state index contributed by atoms with van der Waals surface area (Å²) in [5.41, 5.74) is 7.43. The first-order valence-electron chi connectivity index (χ1n) is 8.11. The summed E-state index contributed by atoms with van der Waals surface area (Å²) in [5, 5.41) is 6.35. The average Bonchev–Trinajstić information content (AvgIpc) is 3.12. The Balaban J connectivity index is 0.00000169. The van der Waals surface area contributed by atoms with Crippen LogP contribution in [-0.2, 0) is 4.79 Å². The van der Waals surface area contributed by atoms with E-state index in [0.717, 1.165) is 36.7 Å². The molecule has 3 heterocycles. The molecule has 7 nitrogen and oxygen atoms in total. The molecular formula is C16H23ClN4O3. The summed E-state index contributed by atoms with van der Waals surface area (Å²) in [6.45, 7) is 4.88. The number of carbonyl (C=O) groups excluding carboxylic acids is 1. The minimum Gasteiger partial charge on any atom is -0.454 e. The van der Waals surface area contributed by atoms with Crippen molar-refractivity contribution >= 4 is 18.3 Å². The molecule has 132 valence electrons. The van der Waals surface area contributed by atoms with Gasteiger partial charge >= 0.3 is 0 Å². The van der Waals surface area contributed by atoms with Crippen LogP contribution in [0.1, 0.15) is 18.4 Å². The van der Waals surface area contributed by atoms with Crippen LogP contribution in [0.15, 0.2) is 18.2 Å². The molecule has 4 rings (SSSR count). The van der Waals surface area contributed by atoms with Crippen molar-refractivity contribution in [1.29, 1.82) is 0 Å². The lowest BCUT2D eigenvalue weighted by Crippen LogP contribution is -2.53. The highest BCUT2D eigenvalue weighted by molar-refractivity contribution is 5.85. The SMILES string of the molecule is CC(C(=O)NC1NNCC1c1ccc2c(c1)OCO2)C1CNC1.Cl. The topological polar surface area (TPSA) is 83.7 Å². The molecule has 0 spiro atoms. The number of rotatable bonds is 4. The van der Waals surface area contributed by atoms with Gasteiger partial charge in [0.25, 0.3) is 0 Å². The first-order chi connectivity index (χ1) is 11.2. The third-order valence-corrected chi connectivity index (χ3v) is 5.04. The molecule has 8 heteroatoms. The smallest absolute Gasteiger partial charge is 0.231 e. The fraction of sp³-hybridized carbons (Fsp3) is 0.562. The number of hydrogen-bond donors (Lipinski definition) is 4. The van der Waals surface area contributed by atoms with Crippen LogP contribution in [0.25, 0.3) is 0 Å². The summed E-state index contributed by atoms with van der Waals surface area (Å²) in [4.78, 5) is 12.4. The highest BCUT2D eigenvalue weighted by Gasteiger charge is 2.34. The van der Waals surface area contributed by atoms with Gasteiger partial charge in [-0.25, -0.2) is 5.43 Å². The van der Waals surface area contributed by atoms with Crippen LogP contribution in [0.4, 0.5) is 0 Å². The number of nitrogens with one attached hydrogen (secondary N) is 4. The summed E-state index contributed by atoms with van der Waals surface area (Å²) in [6.07, 6.45) is -0.127. The molecule has 3 aliphatic rings. The van der Waals surface area contributed by atoms with Gasteiger partial charge in [0.2, 0.25) is 12.7 Å². The number of fused-ring (bicyclic) bond motifs is 1. The first kappa shape index (κ1) is 17.3. The van der Waals surface area contributed by atoms with Gasteiger partial charge in [-0.1, -0.05) is 13.0 Å². The van der Waals surface area contributed by atoms with Crippen molar-refractivity contribution in [3.05, 3.63) is 23.8 Å². The summed E-state index contributed by atoms with van der Waals surface area (Å²) >= 11 is 0. The summed E-state index contributed by atoms with van der Waals surface area (Å²) in [5.74, 6) is 2.26. The Bertz CT molecular complexity index is 611. The number of hydrogen-bond acceptors (Lipinski definition) is 6. The van der Waals surface area contributed by atoms with E-state index in [2.05, 4.69) is 21.5 Å². The van der Waals surface area contributed by atoms with E-state index in [1.807, 2.05) is 25.1 Å². The number of amides is 1. The predicted molar refractivity (Wildman–Crippen MR) is 91.1 cm³/mol. The van der Waals surface area contributed by atoms with E-state index >= 15 is 0 Å². The zero-order valence-electron chi connectivity index (χ0n) is 13.5. The van der Waals surface area contributed by atoms with E-state index in [0.29, 0.717) is 5.92 Å². The molecule has 2 fully saturated rings. The van der Waals surface area contributed by atoms with Crippen molar-refractivity contribution in [1.82, 2.24) is 21.5 Å². The van der Waals surface area contributed by atoms with Gasteiger partial charge in [-0.2, -0.15) is 0 Å². The Morgan fingerprint density at radius 1 is 1.25 bits per heavy atom. The molecule has 1 aromatic rings. The number of benzene rings is 1. The van der Waals surface area contributed by atoms with Crippen LogP contribution >= 0.6 is 12.4 Å². The molecule has 3 atom stereocenters. The lowest BCUT2D eigenvalue weighted by atomic mass is 9.88. The Hall–Kier alpha value is -1.54. The fourth-order valence-electron chi connectivity index (χ4n) is 3.25. The van der Waals surface area contributed by atoms with Gasteiger partial charge in [0.05, 0.1) is 0 Å². The van der Waals surface area contributed by atoms with Crippen molar-refractivity contribution in [2.75, 3.05) is 26.4 Å². The lowest BCUT2D eigenvalue weighted by molar-refractivity contribution is -0.127. The molecule has 0 radical (unpaired) electrons.